The molecule has 9 nitrogen and oxygen atoms in total. The SMILES string of the molecule is NC(=O)C1(N2CCCCC2)CCN(C(=O)c2cc(-c3ccc(Cl)cc3Cl)c(-c3ccc(Cl)cc3)n2CCCNS(=O)(=O)C(F)(F)F)CC1. The van der Waals surface area contributed by atoms with Crippen LogP contribution in [0.25, 0.3) is 22.4 Å². The van der Waals surface area contributed by atoms with Gasteiger partial charge in [0.1, 0.15) is 11.2 Å². The summed E-state index contributed by atoms with van der Waals surface area (Å²) in [5.41, 5.74) is 2.11. The Labute approximate surface area is 292 Å². The van der Waals surface area contributed by atoms with Crippen LogP contribution in [0, 0.1) is 0 Å². The van der Waals surface area contributed by atoms with Crippen molar-refractivity contribution in [1.82, 2.24) is 19.1 Å². The molecule has 1 aromatic heterocycles. The lowest BCUT2D eigenvalue weighted by atomic mass is 9.83. The average molecular weight is 749 g/mol. The molecule has 2 aromatic carbocycles. The van der Waals surface area contributed by atoms with Gasteiger partial charge in [0.15, 0.2) is 0 Å². The van der Waals surface area contributed by atoms with E-state index in [1.807, 2.05) is 0 Å². The third-order valence-electron chi connectivity index (χ3n) is 9.11. The fourth-order valence-electron chi connectivity index (χ4n) is 6.60. The van der Waals surface area contributed by atoms with Crippen molar-refractivity contribution in [2.75, 3.05) is 32.7 Å². The lowest BCUT2D eigenvalue weighted by Crippen LogP contribution is -2.63. The molecule has 16 heteroatoms. The zero-order valence-electron chi connectivity index (χ0n) is 25.8. The number of sulfonamides is 1. The van der Waals surface area contributed by atoms with Gasteiger partial charge >= 0.3 is 15.5 Å². The van der Waals surface area contributed by atoms with Gasteiger partial charge in [0.05, 0.1) is 5.69 Å². The Morgan fingerprint density at radius 2 is 1.50 bits per heavy atom. The van der Waals surface area contributed by atoms with Gasteiger partial charge in [-0.25, -0.2) is 13.1 Å². The minimum Gasteiger partial charge on any atom is -0.368 e. The van der Waals surface area contributed by atoms with Gasteiger partial charge < -0.3 is 15.2 Å². The molecular weight excluding hydrogens is 714 g/mol. The standard InChI is InChI=1S/C32H35Cl3F3N5O4S/c33-22-7-5-21(6-8-22)28-25(24-10-9-23(34)19-26(24)35)20-27(43(28)16-4-13-40-48(46,47)32(36,37)38)29(44)41-17-11-31(12-18-41,30(39)45)42-14-2-1-3-15-42/h5-10,19-20,40H,1-4,11-18H2,(H2,39,45). The summed E-state index contributed by atoms with van der Waals surface area (Å²) in [6.07, 6.45) is 3.64. The number of aromatic nitrogens is 1. The van der Waals surface area contributed by atoms with E-state index >= 15 is 0 Å². The molecule has 3 N–H and O–H groups in total. The van der Waals surface area contributed by atoms with Crippen molar-refractivity contribution in [1.29, 1.82) is 0 Å². The first-order valence-electron chi connectivity index (χ1n) is 15.5. The molecule has 0 radical (unpaired) electrons. The van der Waals surface area contributed by atoms with E-state index in [0.29, 0.717) is 50.3 Å². The highest BCUT2D eigenvalue weighted by Crippen LogP contribution is 2.41. The van der Waals surface area contributed by atoms with E-state index in [4.69, 9.17) is 40.5 Å². The first-order valence-corrected chi connectivity index (χ1v) is 18.1. The van der Waals surface area contributed by atoms with Crippen LogP contribution in [0.3, 0.4) is 0 Å². The summed E-state index contributed by atoms with van der Waals surface area (Å²) in [4.78, 5) is 31.0. The van der Waals surface area contributed by atoms with Gasteiger partial charge in [-0.3, -0.25) is 14.5 Å². The average Bonchev–Trinajstić information content (AvgIpc) is 3.41. The number of likely N-dealkylation sites (tertiary alicyclic amines) is 2. The van der Waals surface area contributed by atoms with Crippen molar-refractivity contribution in [3.63, 3.8) is 0 Å². The van der Waals surface area contributed by atoms with Crippen LogP contribution in [-0.2, 0) is 21.4 Å². The number of hydrogen-bond acceptors (Lipinski definition) is 5. The van der Waals surface area contributed by atoms with Crippen molar-refractivity contribution in [2.24, 2.45) is 5.73 Å². The summed E-state index contributed by atoms with van der Waals surface area (Å²) in [5.74, 6) is -0.778. The number of carbonyl (C=O) groups excluding carboxylic acids is 2. The van der Waals surface area contributed by atoms with Crippen molar-refractivity contribution >= 4 is 56.6 Å². The number of halogens is 6. The summed E-state index contributed by atoms with van der Waals surface area (Å²) in [7, 11) is -5.56. The molecule has 3 aromatic rings. The van der Waals surface area contributed by atoms with Crippen LogP contribution in [0.1, 0.15) is 49.0 Å². The Balaban J connectivity index is 1.54. The van der Waals surface area contributed by atoms with Crippen LogP contribution in [0.4, 0.5) is 13.2 Å². The van der Waals surface area contributed by atoms with E-state index in [1.54, 1.807) is 62.7 Å². The highest BCUT2D eigenvalue weighted by molar-refractivity contribution is 7.90. The summed E-state index contributed by atoms with van der Waals surface area (Å²) in [6, 6.07) is 13.4. The molecule has 0 aliphatic carbocycles. The van der Waals surface area contributed by atoms with Crippen LogP contribution in [0.5, 0.6) is 0 Å². The van der Waals surface area contributed by atoms with E-state index in [9.17, 15) is 31.2 Å². The molecule has 3 heterocycles. The van der Waals surface area contributed by atoms with Gasteiger partial charge in [-0.05, 0) is 81.1 Å². The van der Waals surface area contributed by atoms with Crippen molar-refractivity contribution < 1.29 is 31.2 Å². The maximum Gasteiger partial charge on any atom is 0.511 e. The van der Waals surface area contributed by atoms with Crippen LogP contribution >= 0.6 is 34.8 Å². The molecule has 260 valence electrons. The third kappa shape index (κ3) is 7.51. The minimum absolute atomic E-state index is 0.0303. The minimum atomic E-state index is -5.56. The number of hydrogen-bond donors (Lipinski definition) is 2. The molecule has 0 unspecified atom stereocenters. The second-order valence-corrected chi connectivity index (χ2v) is 15.0. The van der Waals surface area contributed by atoms with Gasteiger partial charge in [-0.1, -0.05) is 59.4 Å². The predicted octanol–water partition coefficient (Wildman–Crippen LogP) is 6.56. The summed E-state index contributed by atoms with van der Waals surface area (Å²) >= 11 is 19.0. The Bertz CT molecular complexity index is 1770. The lowest BCUT2D eigenvalue weighted by Gasteiger charge is -2.48. The smallest absolute Gasteiger partial charge is 0.368 e. The normalized spacial score (nSPS) is 17.4. The van der Waals surface area contributed by atoms with E-state index in [1.165, 1.54) is 0 Å². The molecule has 0 spiro atoms. The number of piperidine rings is 2. The first kappa shape index (κ1) is 36.5. The van der Waals surface area contributed by atoms with Gasteiger partial charge in [0, 0.05) is 52.4 Å². The number of nitrogens with one attached hydrogen (secondary N) is 1. The first-order chi connectivity index (χ1) is 22.6. The molecular formula is C32H35Cl3F3N5O4S. The monoisotopic (exact) mass is 747 g/mol. The number of carbonyl (C=O) groups is 2. The van der Waals surface area contributed by atoms with Crippen LogP contribution < -0.4 is 10.5 Å². The fourth-order valence-corrected chi connectivity index (χ4v) is 7.81. The van der Waals surface area contributed by atoms with E-state index in [0.717, 1.165) is 32.4 Å². The quantitative estimate of drug-likeness (QED) is 0.228. The number of nitrogens with zero attached hydrogens (tertiary/aromatic N) is 3. The molecule has 0 atom stereocenters. The molecule has 2 fully saturated rings. The molecule has 2 aliphatic rings. The Morgan fingerprint density at radius 3 is 2.08 bits per heavy atom. The molecule has 0 saturated carbocycles. The molecule has 48 heavy (non-hydrogen) atoms. The summed E-state index contributed by atoms with van der Waals surface area (Å²) < 4.78 is 65.5. The third-order valence-corrected chi connectivity index (χ3v) is 11.1. The van der Waals surface area contributed by atoms with Gasteiger partial charge in [-0.15, -0.1) is 0 Å². The van der Waals surface area contributed by atoms with Crippen molar-refractivity contribution in [3.05, 3.63) is 69.3 Å². The van der Waals surface area contributed by atoms with Crippen molar-refractivity contribution in [2.45, 2.75) is 56.1 Å². The van der Waals surface area contributed by atoms with E-state index in [-0.39, 0.29) is 37.7 Å². The number of benzene rings is 2. The number of amides is 2. The molecule has 2 aliphatic heterocycles. The topological polar surface area (TPSA) is 118 Å². The van der Waals surface area contributed by atoms with E-state index in [2.05, 4.69) is 4.90 Å². The maximum absolute atomic E-state index is 14.4. The number of nitrogens with two attached hydrogens (primary N) is 1. The van der Waals surface area contributed by atoms with Gasteiger partial charge in [0.25, 0.3) is 5.91 Å². The van der Waals surface area contributed by atoms with Gasteiger partial charge in [0.2, 0.25) is 5.91 Å². The number of rotatable bonds is 10. The van der Waals surface area contributed by atoms with Crippen molar-refractivity contribution in [3.8, 4) is 22.4 Å². The summed E-state index contributed by atoms with van der Waals surface area (Å²) in [5, 5.41) is 1.16. The highest BCUT2D eigenvalue weighted by atomic mass is 35.5. The van der Waals surface area contributed by atoms with E-state index < -0.39 is 33.5 Å². The molecule has 0 bridgehead atoms. The Morgan fingerprint density at radius 1 is 0.875 bits per heavy atom. The Hall–Kier alpha value is -2.81. The highest BCUT2D eigenvalue weighted by Gasteiger charge is 2.47. The zero-order valence-corrected chi connectivity index (χ0v) is 28.9. The summed E-state index contributed by atoms with van der Waals surface area (Å²) in [6.45, 7) is 1.45. The number of alkyl halides is 3. The predicted molar refractivity (Wildman–Crippen MR) is 180 cm³/mol. The molecule has 2 saturated heterocycles. The van der Waals surface area contributed by atoms with Crippen LogP contribution in [0.2, 0.25) is 15.1 Å². The lowest BCUT2D eigenvalue weighted by molar-refractivity contribution is -0.134. The largest absolute Gasteiger partial charge is 0.511 e. The molecule has 2 amide bonds. The number of primary amides is 1. The fraction of sp³-hybridized carbons (Fsp3) is 0.438. The zero-order chi connectivity index (χ0) is 34.9. The molecule has 5 rings (SSSR count). The second-order valence-electron chi connectivity index (χ2n) is 12.0. The second kappa shape index (κ2) is 14.6. The van der Waals surface area contributed by atoms with Crippen LogP contribution in [-0.4, -0.2) is 78.4 Å². The van der Waals surface area contributed by atoms with Crippen LogP contribution in [0.15, 0.2) is 48.5 Å². The Kier molecular flexibility index (Phi) is 11.1. The maximum atomic E-state index is 14.4. The van der Waals surface area contributed by atoms with Gasteiger partial charge in [-0.2, -0.15) is 13.2 Å².